The lowest BCUT2D eigenvalue weighted by molar-refractivity contribution is -0.122. The van der Waals surface area contributed by atoms with Gasteiger partial charge in [0.2, 0.25) is 0 Å². The lowest BCUT2D eigenvalue weighted by Crippen LogP contribution is -2.54. The molecule has 3 rings (SSSR count). The van der Waals surface area contributed by atoms with Crippen molar-refractivity contribution in [2.45, 2.75) is 13.8 Å². The first-order chi connectivity index (χ1) is 14.8. The second kappa shape index (κ2) is 9.06. The molecule has 7 nitrogen and oxygen atoms in total. The van der Waals surface area contributed by atoms with E-state index in [1.54, 1.807) is 31.2 Å². The average Bonchev–Trinajstić information content (AvgIpc) is 2.71. The van der Waals surface area contributed by atoms with Gasteiger partial charge in [-0.15, -0.1) is 0 Å². The number of ether oxygens (including phenoxy) is 2. The number of carbonyl (C=O) groups is 3. The topological polar surface area (TPSA) is 84.9 Å². The fraction of sp³-hybridized carbons (Fsp3) is 0.174. The Morgan fingerprint density at radius 1 is 1.16 bits per heavy atom. The standard InChI is InChI=1S/C23H21ClN2O5/c1-5-8-31-20-17(24)11-15(12-19(20)30-4)10-16-21(27)25-23(29)26(22(16)28)18-7-6-13(2)9-14(18)3/h5-7,9-12H,1,8H2,2-4H3,(H,25,27,29). The summed E-state index contributed by atoms with van der Waals surface area (Å²) >= 11 is 6.30. The Hall–Kier alpha value is -3.58. The zero-order valence-corrected chi connectivity index (χ0v) is 18.1. The van der Waals surface area contributed by atoms with Crippen molar-refractivity contribution in [1.29, 1.82) is 0 Å². The van der Waals surface area contributed by atoms with Crippen LogP contribution in [0.2, 0.25) is 5.02 Å². The van der Waals surface area contributed by atoms with Crippen molar-refractivity contribution >= 4 is 41.2 Å². The summed E-state index contributed by atoms with van der Waals surface area (Å²) in [6.45, 7) is 7.51. The van der Waals surface area contributed by atoms with Crippen LogP contribution in [-0.2, 0) is 9.59 Å². The number of aryl methyl sites for hydroxylation is 2. The minimum Gasteiger partial charge on any atom is -0.493 e. The van der Waals surface area contributed by atoms with Crippen molar-refractivity contribution in [3.8, 4) is 11.5 Å². The van der Waals surface area contributed by atoms with Gasteiger partial charge < -0.3 is 9.47 Å². The van der Waals surface area contributed by atoms with Crippen molar-refractivity contribution in [3.05, 3.63) is 70.3 Å². The van der Waals surface area contributed by atoms with Gasteiger partial charge in [-0.25, -0.2) is 9.69 Å². The number of hydrogen-bond acceptors (Lipinski definition) is 5. The van der Waals surface area contributed by atoms with Crippen molar-refractivity contribution in [3.63, 3.8) is 0 Å². The molecule has 1 fully saturated rings. The molecule has 1 N–H and O–H groups in total. The quantitative estimate of drug-likeness (QED) is 0.413. The van der Waals surface area contributed by atoms with Crippen LogP contribution in [0, 0.1) is 13.8 Å². The van der Waals surface area contributed by atoms with E-state index in [1.807, 2.05) is 13.0 Å². The first kappa shape index (κ1) is 22.1. The highest BCUT2D eigenvalue weighted by molar-refractivity contribution is 6.39. The fourth-order valence-corrected chi connectivity index (χ4v) is 3.48. The molecule has 160 valence electrons. The molecular weight excluding hydrogens is 420 g/mol. The smallest absolute Gasteiger partial charge is 0.335 e. The first-order valence-electron chi connectivity index (χ1n) is 9.36. The molecule has 0 unspecified atom stereocenters. The minimum absolute atomic E-state index is 0.211. The first-order valence-corrected chi connectivity index (χ1v) is 9.74. The van der Waals surface area contributed by atoms with E-state index in [-0.39, 0.29) is 17.2 Å². The third kappa shape index (κ3) is 4.46. The minimum atomic E-state index is -0.803. The average molecular weight is 441 g/mol. The number of nitrogens with zero attached hydrogens (tertiary/aromatic N) is 1. The number of carbonyl (C=O) groups excluding carboxylic acids is 3. The van der Waals surface area contributed by atoms with Crippen LogP contribution < -0.4 is 19.7 Å². The van der Waals surface area contributed by atoms with Gasteiger partial charge in [0.05, 0.1) is 17.8 Å². The van der Waals surface area contributed by atoms with Gasteiger partial charge in [-0.05, 0) is 49.2 Å². The van der Waals surface area contributed by atoms with Crippen LogP contribution in [0.4, 0.5) is 10.5 Å². The van der Waals surface area contributed by atoms with Gasteiger partial charge in [0.1, 0.15) is 12.2 Å². The molecule has 31 heavy (non-hydrogen) atoms. The van der Waals surface area contributed by atoms with E-state index in [4.69, 9.17) is 21.1 Å². The third-order valence-corrected chi connectivity index (χ3v) is 4.88. The van der Waals surface area contributed by atoms with E-state index < -0.39 is 17.8 Å². The number of nitrogens with one attached hydrogen (secondary N) is 1. The normalized spacial score (nSPS) is 15.2. The Kier molecular flexibility index (Phi) is 6.46. The van der Waals surface area contributed by atoms with Gasteiger partial charge in [0.15, 0.2) is 11.5 Å². The Balaban J connectivity index is 2.04. The molecule has 0 bridgehead atoms. The lowest BCUT2D eigenvalue weighted by atomic mass is 10.0. The van der Waals surface area contributed by atoms with Crippen molar-refractivity contribution in [2.75, 3.05) is 18.6 Å². The monoisotopic (exact) mass is 440 g/mol. The summed E-state index contributed by atoms with van der Waals surface area (Å²) in [5.74, 6) is -0.884. The summed E-state index contributed by atoms with van der Waals surface area (Å²) in [5, 5.41) is 2.45. The molecule has 1 aliphatic heterocycles. The number of barbiturate groups is 1. The maximum Gasteiger partial charge on any atom is 0.335 e. The SMILES string of the molecule is C=CCOc1c(Cl)cc(C=C2C(=O)NC(=O)N(c3ccc(C)cc3C)C2=O)cc1OC. The maximum atomic E-state index is 13.1. The van der Waals surface area contributed by atoms with Gasteiger partial charge in [-0.3, -0.25) is 14.9 Å². The third-order valence-electron chi connectivity index (χ3n) is 4.60. The summed E-state index contributed by atoms with van der Waals surface area (Å²) in [7, 11) is 1.45. The van der Waals surface area contributed by atoms with Crippen LogP contribution in [0.1, 0.15) is 16.7 Å². The summed E-state index contributed by atoms with van der Waals surface area (Å²) in [6.07, 6.45) is 2.92. The molecule has 0 saturated carbocycles. The number of amides is 4. The van der Waals surface area contributed by atoms with Gasteiger partial charge >= 0.3 is 6.03 Å². The summed E-state index contributed by atoms with van der Waals surface area (Å²) in [4.78, 5) is 38.9. The Labute approximate surface area is 184 Å². The van der Waals surface area contributed by atoms with Gasteiger partial charge in [-0.2, -0.15) is 0 Å². The van der Waals surface area contributed by atoms with Gasteiger partial charge in [0.25, 0.3) is 11.8 Å². The maximum absolute atomic E-state index is 13.1. The molecule has 2 aromatic carbocycles. The van der Waals surface area contributed by atoms with E-state index >= 15 is 0 Å². The molecule has 0 aromatic heterocycles. The van der Waals surface area contributed by atoms with E-state index in [2.05, 4.69) is 11.9 Å². The zero-order valence-electron chi connectivity index (χ0n) is 17.3. The predicted molar refractivity (Wildman–Crippen MR) is 119 cm³/mol. The Morgan fingerprint density at radius 2 is 1.90 bits per heavy atom. The summed E-state index contributed by atoms with van der Waals surface area (Å²) in [6, 6.07) is 7.62. The molecule has 1 aliphatic rings. The van der Waals surface area contributed by atoms with Crippen molar-refractivity contribution < 1.29 is 23.9 Å². The van der Waals surface area contributed by atoms with E-state index in [1.165, 1.54) is 19.3 Å². The van der Waals surface area contributed by atoms with Gasteiger partial charge in [0, 0.05) is 0 Å². The predicted octanol–water partition coefficient (Wildman–Crippen LogP) is 4.20. The van der Waals surface area contributed by atoms with Crippen LogP contribution in [-0.4, -0.2) is 31.6 Å². The van der Waals surface area contributed by atoms with Crippen LogP contribution in [0.3, 0.4) is 0 Å². The molecule has 4 amide bonds. The van der Waals surface area contributed by atoms with Crippen molar-refractivity contribution in [2.24, 2.45) is 0 Å². The molecule has 0 spiro atoms. The highest BCUT2D eigenvalue weighted by Crippen LogP contribution is 2.37. The van der Waals surface area contributed by atoms with E-state index in [0.29, 0.717) is 22.7 Å². The molecule has 2 aromatic rings. The number of benzene rings is 2. The van der Waals surface area contributed by atoms with Crippen LogP contribution in [0.15, 0.2) is 48.6 Å². The molecular formula is C23H21ClN2O5. The number of rotatable bonds is 6. The molecule has 1 heterocycles. The number of imide groups is 2. The molecule has 0 atom stereocenters. The summed E-state index contributed by atoms with van der Waals surface area (Å²) < 4.78 is 10.8. The second-order valence-corrected chi connectivity index (χ2v) is 7.29. The molecule has 0 aliphatic carbocycles. The lowest BCUT2D eigenvalue weighted by Gasteiger charge is -2.27. The molecule has 1 saturated heterocycles. The molecule has 0 radical (unpaired) electrons. The Morgan fingerprint density at radius 3 is 2.55 bits per heavy atom. The number of anilines is 1. The largest absolute Gasteiger partial charge is 0.493 e. The van der Waals surface area contributed by atoms with E-state index in [9.17, 15) is 14.4 Å². The number of methoxy groups -OCH3 is 1. The number of halogens is 1. The number of hydrogen-bond donors (Lipinski definition) is 1. The van der Waals surface area contributed by atoms with Crippen LogP contribution in [0.5, 0.6) is 11.5 Å². The molecule has 8 heteroatoms. The van der Waals surface area contributed by atoms with Gasteiger partial charge in [-0.1, -0.05) is 42.0 Å². The number of urea groups is 1. The summed E-state index contributed by atoms with van der Waals surface area (Å²) in [5.41, 5.74) is 2.33. The Bertz CT molecular complexity index is 1120. The van der Waals surface area contributed by atoms with Crippen LogP contribution >= 0.6 is 11.6 Å². The van der Waals surface area contributed by atoms with E-state index in [0.717, 1.165) is 16.0 Å². The van der Waals surface area contributed by atoms with Crippen molar-refractivity contribution in [1.82, 2.24) is 5.32 Å². The second-order valence-electron chi connectivity index (χ2n) is 6.88. The fourth-order valence-electron chi connectivity index (χ4n) is 3.20. The van der Waals surface area contributed by atoms with Crippen LogP contribution in [0.25, 0.3) is 6.08 Å². The highest BCUT2D eigenvalue weighted by atomic mass is 35.5. The zero-order chi connectivity index (χ0) is 22.7. The highest BCUT2D eigenvalue weighted by Gasteiger charge is 2.37.